The van der Waals surface area contributed by atoms with Gasteiger partial charge in [-0.05, 0) is 32.0 Å². The number of nitrogens with two attached hydrogens (primary N) is 2. The molecular formula is C13H18FN3O. The number of likely N-dealkylation sites (tertiary alicyclic amines) is 1. The van der Waals surface area contributed by atoms with Gasteiger partial charge in [0.05, 0.1) is 5.41 Å². The van der Waals surface area contributed by atoms with E-state index in [0.717, 1.165) is 6.54 Å². The van der Waals surface area contributed by atoms with Crippen LogP contribution in [-0.4, -0.2) is 23.9 Å². The first kappa shape index (κ1) is 12.8. The highest BCUT2D eigenvalue weighted by Gasteiger charge is 2.38. The highest BCUT2D eigenvalue weighted by Crippen LogP contribution is 2.31. The summed E-state index contributed by atoms with van der Waals surface area (Å²) in [6.07, 6.45) is 0.705. The predicted octanol–water partition coefficient (Wildman–Crippen LogP) is 1.11. The number of hydrogen-bond acceptors (Lipinski definition) is 3. The molecule has 0 aliphatic carbocycles. The second-order valence-electron chi connectivity index (χ2n) is 5.19. The summed E-state index contributed by atoms with van der Waals surface area (Å²) in [5.74, 6) is -0.603. The number of carbonyl (C=O) groups excluding carboxylic acids is 1. The van der Waals surface area contributed by atoms with Gasteiger partial charge < -0.3 is 11.5 Å². The van der Waals surface area contributed by atoms with Gasteiger partial charge in [0, 0.05) is 24.3 Å². The Hall–Kier alpha value is -1.62. The van der Waals surface area contributed by atoms with Gasteiger partial charge in [-0.25, -0.2) is 4.39 Å². The van der Waals surface area contributed by atoms with Gasteiger partial charge in [0.1, 0.15) is 5.82 Å². The van der Waals surface area contributed by atoms with Crippen LogP contribution in [0, 0.1) is 11.2 Å². The minimum atomic E-state index is -0.514. The largest absolute Gasteiger partial charge is 0.398 e. The fraction of sp³-hybridized carbons (Fsp3) is 0.462. The Bertz CT molecular complexity index is 457. The van der Waals surface area contributed by atoms with Crippen molar-refractivity contribution < 1.29 is 9.18 Å². The quantitative estimate of drug-likeness (QED) is 0.790. The summed E-state index contributed by atoms with van der Waals surface area (Å²) in [7, 11) is 0. The summed E-state index contributed by atoms with van der Waals surface area (Å²) >= 11 is 0. The maximum atomic E-state index is 13.7. The molecule has 1 saturated heterocycles. The molecule has 1 amide bonds. The number of nitrogens with zero attached hydrogens (tertiary/aromatic N) is 1. The number of primary amides is 1. The average molecular weight is 251 g/mol. The maximum Gasteiger partial charge on any atom is 0.224 e. The van der Waals surface area contributed by atoms with Crippen LogP contribution in [-0.2, 0) is 11.3 Å². The first-order valence-corrected chi connectivity index (χ1v) is 5.97. The van der Waals surface area contributed by atoms with Crippen molar-refractivity contribution in [3.05, 3.63) is 29.6 Å². The third kappa shape index (κ3) is 2.31. The molecule has 0 saturated carbocycles. The average Bonchev–Trinajstić information content (AvgIpc) is 2.67. The topological polar surface area (TPSA) is 72.4 Å². The molecule has 5 heteroatoms. The van der Waals surface area contributed by atoms with Gasteiger partial charge in [0.15, 0.2) is 0 Å². The monoisotopic (exact) mass is 251 g/mol. The van der Waals surface area contributed by atoms with E-state index in [0.29, 0.717) is 30.8 Å². The second kappa shape index (κ2) is 4.57. The van der Waals surface area contributed by atoms with Crippen LogP contribution in [0.1, 0.15) is 18.9 Å². The van der Waals surface area contributed by atoms with Crippen LogP contribution in [0.25, 0.3) is 0 Å². The Kier molecular flexibility index (Phi) is 3.26. The number of carbonyl (C=O) groups is 1. The number of benzene rings is 1. The van der Waals surface area contributed by atoms with Gasteiger partial charge in [-0.1, -0.05) is 6.07 Å². The van der Waals surface area contributed by atoms with E-state index in [2.05, 4.69) is 0 Å². The van der Waals surface area contributed by atoms with E-state index in [4.69, 9.17) is 11.5 Å². The number of rotatable bonds is 3. The normalized spacial score (nSPS) is 24.3. The lowest BCUT2D eigenvalue weighted by atomic mass is 9.89. The lowest BCUT2D eigenvalue weighted by Gasteiger charge is -2.21. The van der Waals surface area contributed by atoms with E-state index >= 15 is 0 Å². The minimum absolute atomic E-state index is 0.300. The summed E-state index contributed by atoms with van der Waals surface area (Å²) in [4.78, 5) is 13.4. The van der Waals surface area contributed by atoms with E-state index in [9.17, 15) is 9.18 Å². The first-order valence-electron chi connectivity index (χ1n) is 5.97. The van der Waals surface area contributed by atoms with Crippen molar-refractivity contribution in [1.29, 1.82) is 0 Å². The molecule has 4 nitrogen and oxygen atoms in total. The molecule has 0 bridgehead atoms. The number of hydrogen-bond donors (Lipinski definition) is 2. The number of amides is 1. The molecule has 0 spiro atoms. The van der Waals surface area contributed by atoms with Gasteiger partial charge in [-0.3, -0.25) is 9.69 Å². The molecule has 0 radical (unpaired) electrons. The van der Waals surface area contributed by atoms with Crippen LogP contribution in [0.15, 0.2) is 18.2 Å². The Morgan fingerprint density at radius 3 is 2.83 bits per heavy atom. The van der Waals surface area contributed by atoms with Crippen molar-refractivity contribution in [2.75, 3.05) is 18.8 Å². The maximum absolute atomic E-state index is 13.7. The molecule has 1 atom stereocenters. The number of anilines is 1. The van der Waals surface area contributed by atoms with Crippen molar-refractivity contribution in [3.8, 4) is 0 Å². The van der Waals surface area contributed by atoms with Crippen LogP contribution >= 0.6 is 0 Å². The van der Waals surface area contributed by atoms with Gasteiger partial charge >= 0.3 is 0 Å². The van der Waals surface area contributed by atoms with Crippen molar-refractivity contribution in [1.82, 2.24) is 4.90 Å². The molecule has 1 aromatic carbocycles. The third-order valence-corrected chi connectivity index (χ3v) is 3.68. The molecule has 1 unspecified atom stereocenters. The Morgan fingerprint density at radius 2 is 2.28 bits per heavy atom. The Morgan fingerprint density at radius 1 is 1.56 bits per heavy atom. The molecule has 1 aromatic rings. The molecule has 1 heterocycles. The fourth-order valence-corrected chi connectivity index (χ4v) is 2.36. The van der Waals surface area contributed by atoms with Crippen LogP contribution < -0.4 is 11.5 Å². The highest BCUT2D eigenvalue weighted by molar-refractivity contribution is 5.81. The van der Waals surface area contributed by atoms with Gasteiger partial charge in [0.25, 0.3) is 0 Å². The number of halogens is 1. The van der Waals surface area contributed by atoms with E-state index in [-0.39, 0.29) is 11.7 Å². The Labute approximate surface area is 106 Å². The van der Waals surface area contributed by atoms with Crippen molar-refractivity contribution in [3.63, 3.8) is 0 Å². The summed E-state index contributed by atoms with van der Waals surface area (Å²) in [5, 5.41) is 0. The van der Waals surface area contributed by atoms with E-state index < -0.39 is 5.41 Å². The molecule has 1 aliphatic rings. The molecule has 1 fully saturated rings. The summed E-state index contributed by atoms with van der Waals surface area (Å²) in [6.45, 7) is 3.55. The first-order chi connectivity index (χ1) is 8.42. The lowest BCUT2D eigenvalue weighted by molar-refractivity contribution is -0.126. The van der Waals surface area contributed by atoms with E-state index in [1.54, 1.807) is 12.1 Å². The van der Waals surface area contributed by atoms with Crippen LogP contribution in [0.5, 0.6) is 0 Å². The standard InChI is InChI=1S/C13H18FN3O/c1-13(12(16)18)5-6-17(8-13)7-9-10(14)3-2-4-11(9)15/h2-4H,5-8,15H2,1H3,(H2,16,18). The van der Waals surface area contributed by atoms with Crippen molar-refractivity contribution in [2.45, 2.75) is 19.9 Å². The SMILES string of the molecule is CC1(C(N)=O)CCN(Cc2c(N)cccc2F)C1. The highest BCUT2D eigenvalue weighted by atomic mass is 19.1. The molecule has 98 valence electrons. The van der Waals surface area contributed by atoms with Gasteiger partial charge in [-0.2, -0.15) is 0 Å². The van der Waals surface area contributed by atoms with Gasteiger partial charge in [-0.15, -0.1) is 0 Å². The molecule has 4 N–H and O–H groups in total. The Balaban J connectivity index is 2.11. The van der Waals surface area contributed by atoms with E-state index in [1.807, 2.05) is 11.8 Å². The zero-order valence-electron chi connectivity index (χ0n) is 10.4. The molecule has 0 aromatic heterocycles. The summed E-state index contributed by atoms with van der Waals surface area (Å²) in [5.41, 5.74) is 11.6. The zero-order valence-corrected chi connectivity index (χ0v) is 10.4. The molecule has 1 aliphatic heterocycles. The fourth-order valence-electron chi connectivity index (χ4n) is 2.36. The lowest BCUT2D eigenvalue weighted by Crippen LogP contribution is -2.37. The summed E-state index contributed by atoms with van der Waals surface area (Å²) < 4.78 is 13.7. The third-order valence-electron chi connectivity index (χ3n) is 3.68. The van der Waals surface area contributed by atoms with Gasteiger partial charge in [0.2, 0.25) is 5.91 Å². The molecule has 2 rings (SSSR count). The van der Waals surface area contributed by atoms with Crippen LogP contribution in [0.3, 0.4) is 0 Å². The van der Waals surface area contributed by atoms with Crippen LogP contribution in [0.4, 0.5) is 10.1 Å². The zero-order chi connectivity index (χ0) is 13.3. The molecular weight excluding hydrogens is 233 g/mol. The second-order valence-corrected chi connectivity index (χ2v) is 5.19. The smallest absolute Gasteiger partial charge is 0.224 e. The molecule has 18 heavy (non-hydrogen) atoms. The minimum Gasteiger partial charge on any atom is -0.398 e. The summed E-state index contributed by atoms with van der Waals surface area (Å²) in [6, 6.07) is 4.67. The predicted molar refractivity (Wildman–Crippen MR) is 68.0 cm³/mol. The van der Waals surface area contributed by atoms with Crippen molar-refractivity contribution in [2.24, 2.45) is 11.1 Å². The van der Waals surface area contributed by atoms with Crippen molar-refractivity contribution >= 4 is 11.6 Å². The number of nitrogen functional groups attached to an aromatic ring is 1. The van der Waals surface area contributed by atoms with Crippen LogP contribution in [0.2, 0.25) is 0 Å². The van der Waals surface area contributed by atoms with E-state index in [1.165, 1.54) is 6.07 Å².